The van der Waals surface area contributed by atoms with Crippen molar-refractivity contribution in [2.45, 2.75) is 25.4 Å². The molecule has 0 aliphatic carbocycles. The van der Waals surface area contributed by atoms with Gasteiger partial charge in [-0.05, 0) is 13.0 Å². The second-order valence-corrected chi connectivity index (χ2v) is 4.02. The van der Waals surface area contributed by atoms with Gasteiger partial charge in [0.15, 0.2) is 0 Å². The summed E-state index contributed by atoms with van der Waals surface area (Å²) in [5, 5.41) is 2.93. The lowest BCUT2D eigenvalue weighted by Gasteiger charge is -2.27. The molecule has 2 rings (SSSR count). The summed E-state index contributed by atoms with van der Waals surface area (Å²) in [5.74, 6) is 0.727. The summed E-state index contributed by atoms with van der Waals surface area (Å²) < 4.78 is 5.51. The van der Waals surface area contributed by atoms with Crippen LogP contribution in [0.2, 0.25) is 0 Å². The number of carbonyl (C=O) groups excluding carboxylic acids is 1. The summed E-state index contributed by atoms with van der Waals surface area (Å²) in [5.41, 5.74) is 6.56. The van der Waals surface area contributed by atoms with Gasteiger partial charge in [-0.25, -0.2) is 0 Å². The summed E-state index contributed by atoms with van der Waals surface area (Å²) in [6.07, 6.45) is 0.787. The van der Waals surface area contributed by atoms with Gasteiger partial charge >= 0.3 is 0 Å². The minimum atomic E-state index is -0.477. The summed E-state index contributed by atoms with van der Waals surface area (Å²) in [6, 6.07) is 7.30. The molecule has 0 aromatic heterocycles. The highest BCUT2D eigenvalue weighted by Gasteiger charge is 2.23. The quantitative estimate of drug-likeness (QED) is 0.780. The molecule has 0 saturated carbocycles. The summed E-state index contributed by atoms with van der Waals surface area (Å²) in [7, 11) is 0. The first-order valence-corrected chi connectivity index (χ1v) is 5.46. The summed E-state index contributed by atoms with van der Waals surface area (Å²) in [6.45, 7) is 2.31. The van der Waals surface area contributed by atoms with Crippen molar-refractivity contribution in [3.05, 3.63) is 29.8 Å². The Morgan fingerprint density at radius 2 is 2.31 bits per heavy atom. The van der Waals surface area contributed by atoms with E-state index in [9.17, 15) is 4.79 Å². The number of amides is 1. The SMILES string of the molecule is C[C@@H](N)C(=O)NC1CCOc2ccccc21. The fraction of sp³-hybridized carbons (Fsp3) is 0.417. The van der Waals surface area contributed by atoms with E-state index < -0.39 is 6.04 Å². The van der Waals surface area contributed by atoms with Crippen LogP contribution in [0, 0.1) is 0 Å². The number of ether oxygens (including phenoxy) is 1. The molecular weight excluding hydrogens is 204 g/mol. The van der Waals surface area contributed by atoms with E-state index in [1.807, 2.05) is 24.3 Å². The fourth-order valence-electron chi connectivity index (χ4n) is 1.80. The first kappa shape index (κ1) is 11.0. The van der Waals surface area contributed by atoms with Crippen molar-refractivity contribution >= 4 is 5.91 Å². The maximum absolute atomic E-state index is 11.5. The van der Waals surface area contributed by atoms with Crippen molar-refractivity contribution in [1.29, 1.82) is 0 Å². The highest BCUT2D eigenvalue weighted by molar-refractivity contribution is 5.81. The second-order valence-electron chi connectivity index (χ2n) is 4.02. The van der Waals surface area contributed by atoms with Crippen LogP contribution in [0.3, 0.4) is 0 Å². The zero-order valence-electron chi connectivity index (χ0n) is 9.27. The van der Waals surface area contributed by atoms with Crippen molar-refractivity contribution in [2.24, 2.45) is 5.73 Å². The molecule has 0 spiro atoms. The van der Waals surface area contributed by atoms with Crippen LogP contribution in [-0.4, -0.2) is 18.6 Å². The zero-order chi connectivity index (χ0) is 11.5. The predicted molar refractivity (Wildman–Crippen MR) is 61.1 cm³/mol. The topological polar surface area (TPSA) is 64.4 Å². The normalized spacial score (nSPS) is 20.5. The molecule has 1 aromatic carbocycles. The number of rotatable bonds is 2. The molecule has 1 aromatic rings. The molecule has 1 aliphatic heterocycles. The lowest BCUT2D eigenvalue weighted by Crippen LogP contribution is -2.41. The number of hydrogen-bond acceptors (Lipinski definition) is 3. The summed E-state index contributed by atoms with van der Waals surface area (Å²) in [4.78, 5) is 11.5. The number of carbonyl (C=O) groups is 1. The van der Waals surface area contributed by atoms with Gasteiger partial charge in [-0.3, -0.25) is 4.79 Å². The average Bonchev–Trinajstić information content (AvgIpc) is 2.29. The van der Waals surface area contributed by atoms with E-state index in [0.29, 0.717) is 6.61 Å². The van der Waals surface area contributed by atoms with Crippen LogP contribution in [0.25, 0.3) is 0 Å². The number of fused-ring (bicyclic) bond motifs is 1. The smallest absolute Gasteiger partial charge is 0.237 e. The van der Waals surface area contributed by atoms with Gasteiger partial charge in [-0.15, -0.1) is 0 Å². The Bertz CT molecular complexity index is 390. The van der Waals surface area contributed by atoms with Gasteiger partial charge in [0.25, 0.3) is 0 Å². The Morgan fingerprint density at radius 1 is 1.56 bits per heavy atom. The van der Waals surface area contributed by atoms with Crippen LogP contribution < -0.4 is 15.8 Å². The van der Waals surface area contributed by atoms with Crippen molar-refractivity contribution in [1.82, 2.24) is 5.32 Å². The molecular formula is C12H16N2O2. The molecule has 16 heavy (non-hydrogen) atoms. The van der Waals surface area contributed by atoms with Gasteiger partial charge in [0.2, 0.25) is 5.91 Å². The van der Waals surface area contributed by atoms with Crippen molar-refractivity contribution in [3.8, 4) is 5.75 Å². The van der Waals surface area contributed by atoms with E-state index in [2.05, 4.69) is 5.32 Å². The molecule has 1 unspecified atom stereocenters. The minimum absolute atomic E-state index is 0.0171. The number of benzene rings is 1. The van der Waals surface area contributed by atoms with Gasteiger partial charge in [0.1, 0.15) is 5.75 Å². The van der Waals surface area contributed by atoms with Gasteiger partial charge in [-0.1, -0.05) is 18.2 Å². The number of nitrogens with one attached hydrogen (secondary N) is 1. The van der Waals surface area contributed by atoms with Gasteiger partial charge in [0, 0.05) is 12.0 Å². The van der Waals surface area contributed by atoms with Crippen LogP contribution >= 0.6 is 0 Å². The van der Waals surface area contributed by atoms with Gasteiger partial charge in [-0.2, -0.15) is 0 Å². The van der Waals surface area contributed by atoms with Crippen LogP contribution in [0.1, 0.15) is 24.9 Å². The van der Waals surface area contributed by atoms with Crippen molar-refractivity contribution in [2.75, 3.05) is 6.61 Å². The zero-order valence-corrected chi connectivity index (χ0v) is 9.27. The van der Waals surface area contributed by atoms with Crippen molar-refractivity contribution < 1.29 is 9.53 Å². The van der Waals surface area contributed by atoms with Crippen LogP contribution in [0.5, 0.6) is 5.75 Å². The van der Waals surface area contributed by atoms with Crippen molar-refractivity contribution in [3.63, 3.8) is 0 Å². The molecule has 3 N–H and O–H groups in total. The van der Waals surface area contributed by atoms with Crippen LogP contribution in [0.15, 0.2) is 24.3 Å². The molecule has 0 bridgehead atoms. The van der Waals surface area contributed by atoms with E-state index in [1.165, 1.54) is 0 Å². The Hall–Kier alpha value is -1.55. The van der Waals surface area contributed by atoms with Gasteiger partial charge < -0.3 is 15.8 Å². The van der Waals surface area contributed by atoms with Crippen LogP contribution in [0.4, 0.5) is 0 Å². The molecule has 0 fully saturated rings. The Morgan fingerprint density at radius 3 is 3.06 bits per heavy atom. The first-order chi connectivity index (χ1) is 7.68. The van der Waals surface area contributed by atoms with Gasteiger partial charge in [0.05, 0.1) is 18.7 Å². The first-order valence-electron chi connectivity index (χ1n) is 5.46. The lowest BCUT2D eigenvalue weighted by molar-refractivity contribution is -0.122. The predicted octanol–water partition coefficient (Wildman–Crippen LogP) is 0.974. The standard InChI is InChI=1S/C12H16N2O2/c1-8(13)12(15)14-10-6-7-16-11-5-3-2-4-9(10)11/h2-5,8,10H,6-7,13H2,1H3,(H,14,15)/t8-,10?/m1/s1. The molecule has 1 heterocycles. The second kappa shape index (κ2) is 4.53. The molecule has 4 nitrogen and oxygen atoms in total. The third-order valence-corrected chi connectivity index (χ3v) is 2.69. The molecule has 86 valence electrons. The van der Waals surface area contributed by atoms with Crippen LogP contribution in [-0.2, 0) is 4.79 Å². The van der Waals surface area contributed by atoms with E-state index >= 15 is 0 Å². The van der Waals surface area contributed by atoms with E-state index in [4.69, 9.17) is 10.5 Å². The molecule has 0 radical (unpaired) electrons. The third kappa shape index (κ3) is 2.17. The highest BCUT2D eigenvalue weighted by atomic mass is 16.5. The van der Waals surface area contributed by atoms with E-state index in [-0.39, 0.29) is 11.9 Å². The Labute approximate surface area is 94.8 Å². The van der Waals surface area contributed by atoms with E-state index in [1.54, 1.807) is 6.92 Å². The molecule has 0 saturated heterocycles. The monoisotopic (exact) mass is 220 g/mol. The number of hydrogen-bond donors (Lipinski definition) is 2. The highest BCUT2D eigenvalue weighted by Crippen LogP contribution is 2.31. The average molecular weight is 220 g/mol. The lowest BCUT2D eigenvalue weighted by atomic mass is 10.0. The maximum atomic E-state index is 11.5. The maximum Gasteiger partial charge on any atom is 0.237 e. The third-order valence-electron chi connectivity index (χ3n) is 2.69. The Balaban J connectivity index is 2.16. The Kier molecular flexibility index (Phi) is 3.10. The minimum Gasteiger partial charge on any atom is -0.493 e. The molecule has 1 amide bonds. The summed E-state index contributed by atoms with van der Waals surface area (Å²) >= 11 is 0. The fourth-order valence-corrected chi connectivity index (χ4v) is 1.80. The number of nitrogens with two attached hydrogens (primary N) is 1. The largest absolute Gasteiger partial charge is 0.493 e. The molecule has 2 atom stereocenters. The number of para-hydroxylation sites is 1. The van der Waals surface area contributed by atoms with E-state index in [0.717, 1.165) is 17.7 Å². The molecule has 4 heteroatoms. The molecule has 1 aliphatic rings.